The highest BCUT2D eigenvalue weighted by Crippen LogP contribution is 2.36. The molecule has 2 fully saturated rings. The van der Waals surface area contributed by atoms with Gasteiger partial charge in [0, 0.05) is 37.6 Å². The highest BCUT2D eigenvalue weighted by atomic mass is 15.3. The lowest BCUT2D eigenvalue weighted by molar-refractivity contribution is 0.0429. The third-order valence-electron chi connectivity index (χ3n) is 4.60. The first-order valence-electron chi connectivity index (χ1n) is 7.77. The maximum Gasteiger partial charge on any atom is 0.142 e. The summed E-state index contributed by atoms with van der Waals surface area (Å²) in [6.07, 6.45) is 6.48. The summed E-state index contributed by atoms with van der Waals surface area (Å²) in [5, 5.41) is 3.77. The molecule has 2 atom stereocenters. The van der Waals surface area contributed by atoms with Crippen molar-refractivity contribution in [2.24, 2.45) is 11.3 Å². The summed E-state index contributed by atoms with van der Waals surface area (Å²) in [7, 11) is 0. The van der Waals surface area contributed by atoms with E-state index in [1.807, 2.05) is 18.5 Å². The zero-order valence-corrected chi connectivity index (χ0v) is 12.8. The predicted molar refractivity (Wildman–Crippen MR) is 80.2 cm³/mol. The van der Waals surface area contributed by atoms with Gasteiger partial charge in [0.1, 0.15) is 5.82 Å². The number of nitrogens with zero attached hydrogens (tertiary/aromatic N) is 3. The van der Waals surface area contributed by atoms with Crippen LogP contribution in [0.2, 0.25) is 0 Å². The smallest absolute Gasteiger partial charge is 0.142 e. The minimum absolute atomic E-state index is 0.274. The van der Waals surface area contributed by atoms with Crippen molar-refractivity contribution in [1.29, 1.82) is 0 Å². The quantitative estimate of drug-likeness (QED) is 0.916. The second-order valence-corrected chi connectivity index (χ2v) is 7.33. The molecule has 4 nitrogen and oxygen atoms in total. The van der Waals surface area contributed by atoms with Crippen molar-refractivity contribution < 1.29 is 0 Å². The van der Waals surface area contributed by atoms with Crippen LogP contribution < -0.4 is 5.32 Å². The molecule has 1 N–H and O–H groups in total. The fraction of sp³-hybridized carbons (Fsp3) is 0.750. The van der Waals surface area contributed by atoms with E-state index in [-0.39, 0.29) is 5.41 Å². The van der Waals surface area contributed by atoms with Gasteiger partial charge in [0.15, 0.2) is 0 Å². The fourth-order valence-electron chi connectivity index (χ4n) is 3.27. The van der Waals surface area contributed by atoms with Crippen LogP contribution in [0.15, 0.2) is 18.5 Å². The average molecular weight is 274 g/mol. The van der Waals surface area contributed by atoms with Gasteiger partial charge in [-0.25, -0.2) is 9.97 Å². The first-order valence-corrected chi connectivity index (χ1v) is 7.77. The molecule has 1 aromatic rings. The maximum absolute atomic E-state index is 4.40. The Morgan fingerprint density at radius 2 is 1.95 bits per heavy atom. The Hall–Kier alpha value is -1.00. The van der Waals surface area contributed by atoms with Crippen LogP contribution in [0, 0.1) is 11.3 Å². The van der Waals surface area contributed by atoms with E-state index in [9.17, 15) is 0 Å². The number of rotatable bonds is 3. The Balaban J connectivity index is 1.73. The summed E-state index contributed by atoms with van der Waals surface area (Å²) in [5.74, 6) is 1.84. The summed E-state index contributed by atoms with van der Waals surface area (Å²) in [6, 6.07) is 3.09. The number of piperazine rings is 1. The van der Waals surface area contributed by atoms with E-state index < -0.39 is 0 Å². The summed E-state index contributed by atoms with van der Waals surface area (Å²) in [6.45, 7) is 10.1. The SMILES string of the molecule is CC(C)(C)C1CNC(C2CC2)CN1Cc1ncccn1. The average Bonchev–Trinajstić information content (AvgIpc) is 3.23. The van der Waals surface area contributed by atoms with Crippen LogP contribution >= 0.6 is 0 Å². The van der Waals surface area contributed by atoms with Crippen molar-refractivity contribution in [3.05, 3.63) is 24.3 Å². The number of hydrogen-bond donors (Lipinski definition) is 1. The highest BCUT2D eigenvalue weighted by Gasteiger charge is 2.40. The molecule has 2 unspecified atom stereocenters. The lowest BCUT2D eigenvalue weighted by Gasteiger charge is -2.46. The molecule has 1 aromatic heterocycles. The van der Waals surface area contributed by atoms with Crippen LogP contribution in [0.3, 0.4) is 0 Å². The molecule has 2 heterocycles. The first kappa shape index (κ1) is 14.0. The molecule has 1 saturated heterocycles. The molecule has 1 aliphatic heterocycles. The lowest BCUT2D eigenvalue weighted by Crippen LogP contribution is -2.60. The largest absolute Gasteiger partial charge is 0.311 e. The molecule has 0 spiro atoms. The van der Waals surface area contributed by atoms with Crippen LogP contribution in [-0.4, -0.2) is 40.0 Å². The van der Waals surface area contributed by atoms with Gasteiger partial charge < -0.3 is 5.32 Å². The minimum Gasteiger partial charge on any atom is -0.311 e. The van der Waals surface area contributed by atoms with E-state index >= 15 is 0 Å². The van der Waals surface area contributed by atoms with Crippen LogP contribution in [0.25, 0.3) is 0 Å². The Morgan fingerprint density at radius 1 is 1.25 bits per heavy atom. The second kappa shape index (κ2) is 5.41. The van der Waals surface area contributed by atoms with Crippen molar-refractivity contribution in [2.75, 3.05) is 13.1 Å². The van der Waals surface area contributed by atoms with Crippen LogP contribution in [0.1, 0.15) is 39.4 Å². The van der Waals surface area contributed by atoms with Gasteiger partial charge >= 0.3 is 0 Å². The summed E-state index contributed by atoms with van der Waals surface area (Å²) < 4.78 is 0. The zero-order valence-electron chi connectivity index (χ0n) is 12.8. The molecule has 0 bridgehead atoms. The maximum atomic E-state index is 4.40. The first-order chi connectivity index (χ1) is 9.54. The zero-order chi connectivity index (χ0) is 14.2. The minimum atomic E-state index is 0.274. The molecular weight excluding hydrogens is 248 g/mol. The molecule has 110 valence electrons. The molecule has 3 rings (SSSR count). The van der Waals surface area contributed by atoms with E-state index in [0.29, 0.717) is 12.1 Å². The normalized spacial score (nSPS) is 28.6. The molecule has 0 aromatic carbocycles. The molecule has 0 amide bonds. The van der Waals surface area contributed by atoms with Crippen molar-refractivity contribution in [3.8, 4) is 0 Å². The summed E-state index contributed by atoms with van der Waals surface area (Å²) in [5.41, 5.74) is 0.274. The number of hydrogen-bond acceptors (Lipinski definition) is 4. The van der Waals surface area contributed by atoms with Crippen LogP contribution in [0.5, 0.6) is 0 Å². The van der Waals surface area contributed by atoms with Gasteiger partial charge in [0.2, 0.25) is 0 Å². The molecule has 20 heavy (non-hydrogen) atoms. The molecule has 0 radical (unpaired) electrons. The molecular formula is C16H26N4. The Bertz CT molecular complexity index is 436. The number of nitrogens with one attached hydrogen (secondary N) is 1. The van der Waals surface area contributed by atoms with Gasteiger partial charge in [0.25, 0.3) is 0 Å². The molecule has 1 saturated carbocycles. The van der Waals surface area contributed by atoms with Crippen molar-refractivity contribution >= 4 is 0 Å². The molecule has 1 aliphatic carbocycles. The highest BCUT2D eigenvalue weighted by molar-refractivity contribution is 4.99. The number of aromatic nitrogens is 2. The van der Waals surface area contributed by atoms with E-state index in [1.165, 1.54) is 12.8 Å². The standard InChI is InChI=1S/C16H26N4/c1-16(2,3)14-9-19-13(12-5-6-12)10-20(14)11-15-17-7-4-8-18-15/h4,7-8,12-14,19H,5-6,9-11H2,1-3H3. The Kier molecular flexibility index (Phi) is 3.78. The third kappa shape index (κ3) is 3.18. The van der Waals surface area contributed by atoms with E-state index in [4.69, 9.17) is 0 Å². The van der Waals surface area contributed by atoms with Gasteiger partial charge in [0.05, 0.1) is 6.54 Å². The van der Waals surface area contributed by atoms with Gasteiger partial charge in [-0.1, -0.05) is 20.8 Å². The topological polar surface area (TPSA) is 41.0 Å². The molecule has 2 aliphatic rings. The predicted octanol–water partition coefficient (Wildman–Crippen LogP) is 2.08. The Morgan fingerprint density at radius 3 is 2.55 bits per heavy atom. The summed E-state index contributed by atoms with van der Waals surface area (Å²) in [4.78, 5) is 11.4. The monoisotopic (exact) mass is 274 g/mol. The van der Waals surface area contributed by atoms with E-state index in [0.717, 1.165) is 31.4 Å². The Labute approximate surface area is 122 Å². The third-order valence-corrected chi connectivity index (χ3v) is 4.60. The molecule has 4 heteroatoms. The van der Waals surface area contributed by atoms with Gasteiger partial charge in [-0.05, 0) is 30.2 Å². The van der Waals surface area contributed by atoms with Crippen molar-refractivity contribution in [2.45, 2.75) is 52.2 Å². The van der Waals surface area contributed by atoms with Gasteiger partial charge in [-0.2, -0.15) is 0 Å². The van der Waals surface area contributed by atoms with Gasteiger partial charge in [-0.15, -0.1) is 0 Å². The van der Waals surface area contributed by atoms with Crippen LogP contribution in [-0.2, 0) is 6.54 Å². The van der Waals surface area contributed by atoms with E-state index in [2.05, 4.69) is 41.0 Å². The fourth-order valence-corrected chi connectivity index (χ4v) is 3.27. The van der Waals surface area contributed by atoms with Crippen molar-refractivity contribution in [3.63, 3.8) is 0 Å². The second-order valence-electron chi connectivity index (χ2n) is 7.33. The van der Waals surface area contributed by atoms with Crippen LogP contribution in [0.4, 0.5) is 0 Å². The van der Waals surface area contributed by atoms with Crippen molar-refractivity contribution in [1.82, 2.24) is 20.2 Å². The van der Waals surface area contributed by atoms with Gasteiger partial charge in [-0.3, -0.25) is 4.90 Å². The van der Waals surface area contributed by atoms with E-state index in [1.54, 1.807) is 0 Å². The summed E-state index contributed by atoms with van der Waals surface area (Å²) >= 11 is 0. The lowest BCUT2D eigenvalue weighted by atomic mass is 9.83.